The van der Waals surface area contributed by atoms with Crippen LogP contribution < -0.4 is 15.3 Å². The molecule has 0 radical (unpaired) electrons. The van der Waals surface area contributed by atoms with Crippen LogP contribution in [0.1, 0.15) is 39.1 Å². The molecule has 1 aliphatic heterocycles. The van der Waals surface area contributed by atoms with E-state index in [1.165, 1.54) is 12.1 Å². The molecule has 0 bridgehead atoms. The van der Waals surface area contributed by atoms with Crippen LogP contribution in [0.2, 0.25) is 0 Å². The predicted octanol–water partition coefficient (Wildman–Crippen LogP) is 1.11. The number of hydrogen-bond acceptors (Lipinski definition) is 4. The van der Waals surface area contributed by atoms with Gasteiger partial charge in [0.15, 0.2) is 0 Å². The summed E-state index contributed by atoms with van der Waals surface area (Å²) in [7, 11) is 0. The van der Waals surface area contributed by atoms with Crippen molar-refractivity contribution in [2.45, 2.75) is 19.4 Å². The lowest BCUT2D eigenvalue weighted by Gasteiger charge is -2.16. The Balaban J connectivity index is 1.65. The Labute approximate surface area is 145 Å². The standard InChI is InChI=1S/C19H18N2O4/c22-17-6-3-11-21(17)14-9-7-13(8-10-14)12-20-18(23)15-4-1-2-5-16(15)19(24)25/h1-2,4-5,7-10H,3,6,11-12H2,(H,20,23)(H,24,25)/p-1. The summed E-state index contributed by atoms with van der Waals surface area (Å²) in [5.74, 6) is -1.73. The van der Waals surface area contributed by atoms with Gasteiger partial charge in [0.05, 0.1) is 5.97 Å². The van der Waals surface area contributed by atoms with Gasteiger partial charge in [0.1, 0.15) is 0 Å². The number of nitrogens with zero attached hydrogens (tertiary/aromatic N) is 1. The third-order valence-electron chi connectivity index (χ3n) is 4.17. The van der Waals surface area contributed by atoms with E-state index in [1.807, 2.05) is 24.3 Å². The van der Waals surface area contributed by atoms with Gasteiger partial charge in [-0.2, -0.15) is 0 Å². The quantitative estimate of drug-likeness (QED) is 0.885. The maximum Gasteiger partial charge on any atom is 0.252 e. The number of carboxylic acids is 1. The highest BCUT2D eigenvalue weighted by atomic mass is 16.4. The molecule has 0 aliphatic carbocycles. The Hall–Kier alpha value is -3.15. The Bertz CT molecular complexity index is 814. The average molecular weight is 337 g/mol. The number of rotatable bonds is 5. The van der Waals surface area contributed by atoms with Crippen LogP contribution in [0, 0.1) is 0 Å². The number of aromatic carboxylic acids is 1. The van der Waals surface area contributed by atoms with Crippen LogP contribution in [-0.4, -0.2) is 24.3 Å². The maximum absolute atomic E-state index is 12.2. The lowest BCUT2D eigenvalue weighted by Crippen LogP contribution is -2.29. The van der Waals surface area contributed by atoms with Crippen molar-refractivity contribution in [3.63, 3.8) is 0 Å². The number of anilines is 1. The van der Waals surface area contributed by atoms with Gasteiger partial charge in [-0.15, -0.1) is 0 Å². The Morgan fingerprint density at radius 2 is 1.72 bits per heavy atom. The van der Waals surface area contributed by atoms with Gasteiger partial charge in [-0.3, -0.25) is 9.59 Å². The maximum atomic E-state index is 12.2. The highest BCUT2D eigenvalue weighted by molar-refractivity contribution is 6.04. The van der Waals surface area contributed by atoms with E-state index in [9.17, 15) is 19.5 Å². The fourth-order valence-corrected chi connectivity index (χ4v) is 2.85. The molecule has 0 aromatic heterocycles. The molecular weight excluding hydrogens is 320 g/mol. The van der Waals surface area contributed by atoms with E-state index in [0.29, 0.717) is 6.42 Å². The first-order valence-corrected chi connectivity index (χ1v) is 8.04. The molecular formula is C19H17N2O4-. The van der Waals surface area contributed by atoms with Crippen LogP contribution in [0.25, 0.3) is 0 Å². The second-order valence-electron chi connectivity index (χ2n) is 5.83. The van der Waals surface area contributed by atoms with Gasteiger partial charge >= 0.3 is 0 Å². The molecule has 3 rings (SSSR count). The van der Waals surface area contributed by atoms with Gasteiger partial charge in [-0.05, 0) is 30.2 Å². The lowest BCUT2D eigenvalue weighted by atomic mass is 10.1. The molecule has 1 fully saturated rings. The van der Waals surface area contributed by atoms with Crippen molar-refractivity contribution in [2.75, 3.05) is 11.4 Å². The summed E-state index contributed by atoms with van der Waals surface area (Å²) in [5.41, 5.74) is 1.64. The number of carbonyl (C=O) groups is 3. The topological polar surface area (TPSA) is 89.5 Å². The summed E-state index contributed by atoms with van der Waals surface area (Å²) < 4.78 is 0. The van der Waals surface area contributed by atoms with Crippen LogP contribution in [0.15, 0.2) is 48.5 Å². The van der Waals surface area contributed by atoms with Crippen molar-refractivity contribution in [3.05, 3.63) is 65.2 Å². The molecule has 0 unspecified atom stereocenters. The van der Waals surface area contributed by atoms with E-state index in [-0.39, 0.29) is 23.6 Å². The number of amides is 2. The third-order valence-corrected chi connectivity index (χ3v) is 4.17. The van der Waals surface area contributed by atoms with Gasteiger partial charge in [-0.1, -0.05) is 30.3 Å². The van der Waals surface area contributed by atoms with E-state index in [1.54, 1.807) is 17.0 Å². The molecule has 2 amide bonds. The second kappa shape index (κ2) is 7.17. The minimum Gasteiger partial charge on any atom is -0.545 e. The summed E-state index contributed by atoms with van der Waals surface area (Å²) in [6, 6.07) is 13.3. The van der Waals surface area contributed by atoms with Gasteiger partial charge in [-0.25, -0.2) is 0 Å². The minimum absolute atomic E-state index is 0.0711. The van der Waals surface area contributed by atoms with Crippen molar-refractivity contribution in [1.82, 2.24) is 5.32 Å². The molecule has 2 aromatic carbocycles. The van der Waals surface area contributed by atoms with Crippen molar-refractivity contribution < 1.29 is 19.5 Å². The highest BCUT2D eigenvalue weighted by Gasteiger charge is 2.21. The SMILES string of the molecule is O=C([O-])c1ccccc1C(=O)NCc1ccc(N2CCCC2=O)cc1. The molecule has 1 heterocycles. The molecule has 6 heteroatoms. The molecule has 1 aliphatic rings. The molecule has 0 saturated carbocycles. The summed E-state index contributed by atoms with van der Waals surface area (Å²) in [4.78, 5) is 36.8. The van der Waals surface area contributed by atoms with E-state index < -0.39 is 11.9 Å². The first-order chi connectivity index (χ1) is 12.1. The third kappa shape index (κ3) is 3.68. The normalized spacial score (nSPS) is 13.8. The van der Waals surface area contributed by atoms with Crippen LogP contribution in [0.4, 0.5) is 5.69 Å². The van der Waals surface area contributed by atoms with Crippen molar-refractivity contribution in [2.24, 2.45) is 0 Å². The average Bonchev–Trinajstić information content (AvgIpc) is 3.06. The van der Waals surface area contributed by atoms with Crippen LogP contribution >= 0.6 is 0 Å². The second-order valence-corrected chi connectivity index (χ2v) is 5.83. The van der Waals surface area contributed by atoms with Crippen LogP contribution in [-0.2, 0) is 11.3 Å². The summed E-state index contributed by atoms with van der Waals surface area (Å²) in [6.07, 6.45) is 1.45. The van der Waals surface area contributed by atoms with E-state index >= 15 is 0 Å². The van der Waals surface area contributed by atoms with Crippen molar-refractivity contribution >= 4 is 23.5 Å². The summed E-state index contributed by atoms with van der Waals surface area (Å²) in [5, 5.41) is 13.8. The van der Waals surface area contributed by atoms with Crippen molar-refractivity contribution in [1.29, 1.82) is 0 Å². The van der Waals surface area contributed by atoms with Crippen LogP contribution in [0.3, 0.4) is 0 Å². The lowest BCUT2D eigenvalue weighted by molar-refractivity contribution is -0.255. The number of carbonyl (C=O) groups excluding carboxylic acids is 3. The van der Waals surface area contributed by atoms with Crippen LogP contribution in [0.5, 0.6) is 0 Å². The summed E-state index contributed by atoms with van der Waals surface area (Å²) in [6.45, 7) is 0.989. The Morgan fingerprint density at radius 3 is 2.32 bits per heavy atom. The molecule has 0 atom stereocenters. The number of benzene rings is 2. The zero-order chi connectivity index (χ0) is 17.8. The molecule has 0 spiro atoms. The fourth-order valence-electron chi connectivity index (χ4n) is 2.85. The Morgan fingerprint density at radius 1 is 1.04 bits per heavy atom. The predicted molar refractivity (Wildman–Crippen MR) is 90.0 cm³/mol. The summed E-state index contributed by atoms with van der Waals surface area (Å²) >= 11 is 0. The number of hydrogen-bond donors (Lipinski definition) is 1. The smallest absolute Gasteiger partial charge is 0.252 e. The zero-order valence-electron chi connectivity index (χ0n) is 13.5. The van der Waals surface area contributed by atoms with Gasteiger partial charge in [0.25, 0.3) is 5.91 Å². The zero-order valence-corrected chi connectivity index (χ0v) is 13.5. The van der Waals surface area contributed by atoms with Gasteiger partial charge < -0.3 is 20.1 Å². The van der Waals surface area contributed by atoms with Crippen molar-refractivity contribution in [3.8, 4) is 0 Å². The monoisotopic (exact) mass is 337 g/mol. The van der Waals surface area contributed by atoms with E-state index in [2.05, 4.69) is 5.32 Å². The molecule has 1 N–H and O–H groups in total. The first-order valence-electron chi connectivity index (χ1n) is 8.04. The number of nitrogens with one attached hydrogen (secondary N) is 1. The molecule has 2 aromatic rings. The van der Waals surface area contributed by atoms with E-state index in [0.717, 1.165) is 24.2 Å². The molecule has 25 heavy (non-hydrogen) atoms. The molecule has 128 valence electrons. The first kappa shape index (κ1) is 16.7. The van der Waals surface area contributed by atoms with Gasteiger partial charge in [0, 0.05) is 36.3 Å². The van der Waals surface area contributed by atoms with E-state index in [4.69, 9.17) is 0 Å². The Kier molecular flexibility index (Phi) is 4.79. The molecule has 6 nitrogen and oxygen atoms in total. The fraction of sp³-hybridized carbons (Fsp3) is 0.211. The van der Waals surface area contributed by atoms with Gasteiger partial charge in [0.2, 0.25) is 5.91 Å². The highest BCUT2D eigenvalue weighted by Crippen LogP contribution is 2.21. The molecule has 1 saturated heterocycles. The largest absolute Gasteiger partial charge is 0.545 e. The minimum atomic E-state index is -1.38. The number of carboxylic acid groups (broad SMARTS) is 1.